The first-order valence-electron chi connectivity index (χ1n) is 12.7. The maximum Gasteiger partial charge on any atom is 0.254 e. The first-order chi connectivity index (χ1) is 18.0. The van der Waals surface area contributed by atoms with Crippen LogP contribution in [0, 0.1) is 6.92 Å². The zero-order valence-corrected chi connectivity index (χ0v) is 21.7. The van der Waals surface area contributed by atoms with Crippen molar-refractivity contribution in [2.75, 3.05) is 42.9 Å². The summed E-state index contributed by atoms with van der Waals surface area (Å²) in [6.45, 7) is 5.04. The second kappa shape index (κ2) is 11.1. The molecule has 5 rings (SSSR count). The predicted molar refractivity (Wildman–Crippen MR) is 145 cm³/mol. The van der Waals surface area contributed by atoms with Gasteiger partial charge in [0.05, 0.1) is 12.1 Å². The number of benzene rings is 2. The third kappa shape index (κ3) is 6.17. The number of para-hydroxylation sites is 1. The molecule has 1 aromatic heterocycles. The monoisotopic (exact) mass is 517 g/mol. The van der Waals surface area contributed by atoms with Crippen molar-refractivity contribution in [2.24, 2.45) is 0 Å². The minimum atomic E-state index is -0.282. The molecule has 2 heterocycles. The van der Waals surface area contributed by atoms with E-state index in [1.54, 1.807) is 17.0 Å². The van der Waals surface area contributed by atoms with Crippen LogP contribution in [0.1, 0.15) is 34.5 Å². The fourth-order valence-corrected chi connectivity index (χ4v) is 5.37. The van der Waals surface area contributed by atoms with Crippen molar-refractivity contribution in [1.29, 1.82) is 0 Å². The average Bonchev–Trinajstić information content (AvgIpc) is 3.67. The van der Waals surface area contributed by atoms with Crippen LogP contribution < -0.4 is 10.2 Å². The lowest BCUT2D eigenvalue weighted by molar-refractivity contribution is -0.130. The van der Waals surface area contributed by atoms with E-state index in [-0.39, 0.29) is 36.7 Å². The molecule has 3 amide bonds. The second-order valence-corrected chi connectivity index (χ2v) is 10.4. The van der Waals surface area contributed by atoms with E-state index in [1.807, 2.05) is 40.6 Å². The first-order valence-corrected chi connectivity index (χ1v) is 13.5. The standard InChI is InChI=1S/C28H31N5O3S/c1-20-7-5-6-10-24(20)31-13-15-32(16-14-31)26(35)17-22-19-37-28(29-22)30-25(34)18-33(23-11-12-23)27(36)21-8-3-2-4-9-21/h2-10,19,23H,11-18H2,1H3,(H,29,30,34). The summed E-state index contributed by atoms with van der Waals surface area (Å²) in [5.74, 6) is -0.372. The molecule has 8 nitrogen and oxygen atoms in total. The number of aryl methyl sites for hydroxylation is 1. The molecule has 0 unspecified atom stereocenters. The summed E-state index contributed by atoms with van der Waals surface area (Å²) in [6.07, 6.45) is 2.03. The Morgan fingerprint density at radius 3 is 2.41 bits per heavy atom. The molecular weight excluding hydrogens is 486 g/mol. The number of aromatic nitrogens is 1. The van der Waals surface area contributed by atoms with Gasteiger partial charge in [-0.05, 0) is 43.5 Å². The van der Waals surface area contributed by atoms with E-state index in [2.05, 4.69) is 34.3 Å². The number of hydrogen-bond acceptors (Lipinski definition) is 6. The number of carbonyl (C=O) groups excluding carboxylic acids is 3. The number of anilines is 2. The number of nitrogens with one attached hydrogen (secondary N) is 1. The van der Waals surface area contributed by atoms with Crippen molar-refractivity contribution in [3.05, 3.63) is 76.8 Å². The highest BCUT2D eigenvalue weighted by Gasteiger charge is 2.34. The van der Waals surface area contributed by atoms with E-state index in [0.717, 1.165) is 25.9 Å². The van der Waals surface area contributed by atoms with Crippen LogP contribution >= 0.6 is 11.3 Å². The van der Waals surface area contributed by atoms with Gasteiger partial charge in [0.25, 0.3) is 5.91 Å². The molecule has 3 aromatic rings. The summed E-state index contributed by atoms with van der Waals surface area (Å²) in [5.41, 5.74) is 3.69. The summed E-state index contributed by atoms with van der Waals surface area (Å²) < 4.78 is 0. The summed E-state index contributed by atoms with van der Waals surface area (Å²) in [6, 6.07) is 17.5. The Labute approximate surface area is 220 Å². The molecule has 1 aliphatic carbocycles. The van der Waals surface area contributed by atoms with Crippen molar-refractivity contribution >= 4 is 39.9 Å². The molecule has 9 heteroatoms. The lowest BCUT2D eigenvalue weighted by Crippen LogP contribution is -2.49. The SMILES string of the molecule is Cc1ccccc1N1CCN(C(=O)Cc2csc(NC(=O)CN(C(=O)c3ccccc3)C3CC3)n2)CC1. The molecule has 1 saturated carbocycles. The number of rotatable bonds is 8. The van der Waals surface area contributed by atoms with Gasteiger partial charge < -0.3 is 20.0 Å². The number of piperazine rings is 1. The van der Waals surface area contributed by atoms with Gasteiger partial charge in [0, 0.05) is 48.9 Å². The molecule has 1 saturated heterocycles. The number of amides is 3. The van der Waals surface area contributed by atoms with Crippen molar-refractivity contribution in [3.63, 3.8) is 0 Å². The zero-order valence-electron chi connectivity index (χ0n) is 20.9. The number of carbonyl (C=O) groups is 3. The molecule has 1 aliphatic heterocycles. The van der Waals surface area contributed by atoms with Gasteiger partial charge in [-0.3, -0.25) is 14.4 Å². The van der Waals surface area contributed by atoms with Crippen LogP contribution in [0.25, 0.3) is 0 Å². The van der Waals surface area contributed by atoms with Crippen molar-refractivity contribution < 1.29 is 14.4 Å². The lowest BCUT2D eigenvalue weighted by Gasteiger charge is -2.36. The topological polar surface area (TPSA) is 85.9 Å². The average molecular weight is 518 g/mol. The molecule has 0 bridgehead atoms. The van der Waals surface area contributed by atoms with Crippen molar-refractivity contribution in [2.45, 2.75) is 32.2 Å². The van der Waals surface area contributed by atoms with Crippen LogP contribution in [-0.4, -0.2) is 71.3 Å². The Morgan fingerprint density at radius 2 is 1.70 bits per heavy atom. The van der Waals surface area contributed by atoms with Gasteiger partial charge in [-0.25, -0.2) is 4.98 Å². The van der Waals surface area contributed by atoms with Gasteiger partial charge in [-0.2, -0.15) is 0 Å². The quantitative estimate of drug-likeness (QED) is 0.494. The van der Waals surface area contributed by atoms with Gasteiger partial charge in [0.15, 0.2) is 5.13 Å². The Hall–Kier alpha value is -3.72. The third-order valence-electron chi connectivity index (χ3n) is 6.80. The molecule has 0 radical (unpaired) electrons. The highest BCUT2D eigenvalue weighted by atomic mass is 32.1. The summed E-state index contributed by atoms with van der Waals surface area (Å²) in [4.78, 5) is 48.8. The zero-order chi connectivity index (χ0) is 25.8. The maximum atomic E-state index is 12.9. The van der Waals surface area contributed by atoms with E-state index in [9.17, 15) is 14.4 Å². The van der Waals surface area contributed by atoms with E-state index in [0.29, 0.717) is 29.5 Å². The lowest BCUT2D eigenvalue weighted by atomic mass is 10.1. The molecule has 0 spiro atoms. The maximum absolute atomic E-state index is 12.9. The Balaban J connectivity index is 1.11. The molecule has 0 atom stereocenters. The fraction of sp³-hybridized carbons (Fsp3) is 0.357. The van der Waals surface area contributed by atoms with E-state index in [4.69, 9.17) is 0 Å². The van der Waals surface area contributed by atoms with Crippen LogP contribution in [0.3, 0.4) is 0 Å². The highest BCUT2D eigenvalue weighted by Crippen LogP contribution is 2.28. The van der Waals surface area contributed by atoms with Crippen molar-refractivity contribution in [1.82, 2.24) is 14.8 Å². The molecule has 2 aliphatic rings. The Kier molecular flexibility index (Phi) is 7.50. The van der Waals surface area contributed by atoms with Crippen LogP contribution in [-0.2, 0) is 16.0 Å². The Bertz CT molecular complexity index is 1270. The van der Waals surface area contributed by atoms with Gasteiger partial charge >= 0.3 is 0 Å². The predicted octanol–water partition coefficient (Wildman–Crippen LogP) is 3.59. The van der Waals surface area contributed by atoms with Gasteiger partial charge in [0.2, 0.25) is 11.8 Å². The Morgan fingerprint density at radius 1 is 1.00 bits per heavy atom. The van der Waals surface area contributed by atoms with Gasteiger partial charge in [0.1, 0.15) is 6.54 Å². The van der Waals surface area contributed by atoms with E-state index >= 15 is 0 Å². The molecule has 1 N–H and O–H groups in total. The van der Waals surface area contributed by atoms with Crippen LogP contribution in [0.15, 0.2) is 60.0 Å². The summed E-state index contributed by atoms with van der Waals surface area (Å²) in [5, 5.41) is 5.06. The van der Waals surface area contributed by atoms with Crippen LogP contribution in [0.2, 0.25) is 0 Å². The highest BCUT2D eigenvalue weighted by molar-refractivity contribution is 7.13. The van der Waals surface area contributed by atoms with Crippen LogP contribution in [0.5, 0.6) is 0 Å². The number of hydrogen-bond donors (Lipinski definition) is 1. The molecule has 37 heavy (non-hydrogen) atoms. The molecular formula is C28H31N5O3S. The number of thiazole rings is 1. The molecule has 2 fully saturated rings. The minimum Gasteiger partial charge on any atom is -0.368 e. The normalized spacial score (nSPS) is 15.4. The second-order valence-electron chi connectivity index (χ2n) is 9.55. The van der Waals surface area contributed by atoms with Gasteiger partial charge in [-0.15, -0.1) is 11.3 Å². The van der Waals surface area contributed by atoms with Gasteiger partial charge in [-0.1, -0.05) is 36.4 Å². The molecule has 2 aromatic carbocycles. The summed E-state index contributed by atoms with van der Waals surface area (Å²) in [7, 11) is 0. The van der Waals surface area contributed by atoms with Crippen LogP contribution in [0.4, 0.5) is 10.8 Å². The minimum absolute atomic E-state index is 0.0165. The smallest absolute Gasteiger partial charge is 0.254 e. The van der Waals surface area contributed by atoms with E-state index in [1.165, 1.54) is 22.6 Å². The number of nitrogens with zero attached hydrogens (tertiary/aromatic N) is 4. The molecule has 192 valence electrons. The van der Waals surface area contributed by atoms with E-state index < -0.39 is 0 Å². The largest absolute Gasteiger partial charge is 0.368 e. The summed E-state index contributed by atoms with van der Waals surface area (Å²) >= 11 is 1.30. The fourth-order valence-electron chi connectivity index (χ4n) is 4.64. The first kappa shape index (κ1) is 25.0. The third-order valence-corrected chi connectivity index (χ3v) is 7.61. The van der Waals surface area contributed by atoms with Crippen molar-refractivity contribution in [3.8, 4) is 0 Å².